The number of benzene rings is 2. The third kappa shape index (κ3) is 5.09. The predicted octanol–water partition coefficient (Wildman–Crippen LogP) is 3.46. The van der Waals surface area contributed by atoms with Gasteiger partial charge in [0.05, 0.1) is 29.3 Å². The second-order valence-corrected chi connectivity index (χ2v) is 8.87. The summed E-state index contributed by atoms with van der Waals surface area (Å²) in [6.45, 7) is 2.97. The average molecular weight is 467 g/mol. The Kier molecular flexibility index (Phi) is 7.10. The van der Waals surface area contributed by atoms with E-state index in [2.05, 4.69) is 10.3 Å². The minimum Gasteiger partial charge on any atom is -0.383 e. The van der Waals surface area contributed by atoms with Gasteiger partial charge in [-0.15, -0.1) is 0 Å². The number of carbonyl (C=O) groups excluding carboxylic acids is 2. The van der Waals surface area contributed by atoms with E-state index < -0.39 is 0 Å². The van der Waals surface area contributed by atoms with Crippen LogP contribution in [0, 0.1) is 0 Å². The van der Waals surface area contributed by atoms with Gasteiger partial charge in [-0.1, -0.05) is 23.9 Å². The highest BCUT2D eigenvalue weighted by Crippen LogP contribution is 2.24. The maximum Gasteiger partial charge on any atom is 0.262 e. The molecule has 0 spiro atoms. The lowest BCUT2D eigenvalue weighted by Crippen LogP contribution is -2.29. The minimum absolute atomic E-state index is 0.0941. The third-order valence-electron chi connectivity index (χ3n) is 5.49. The van der Waals surface area contributed by atoms with E-state index in [-0.39, 0.29) is 29.2 Å². The molecule has 8 nitrogen and oxygen atoms in total. The number of rotatable bonds is 8. The summed E-state index contributed by atoms with van der Waals surface area (Å²) >= 11 is 1.21. The fourth-order valence-electron chi connectivity index (χ4n) is 3.90. The molecule has 2 heterocycles. The summed E-state index contributed by atoms with van der Waals surface area (Å²) in [5, 5.41) is 3.87. The van der Waals surface area contributed by atoms with Gasteiger partial charge in [-0.25, -0.2) is 4.98 Å². The summed E-state index contributed by atoms with van der Waals surface area (Å²) in [7, 11) is 1.58. The number of ether oxygens (including phenoxy) is 1. The fourth-order valence-corrected chi connectivity index (χ4v) is 4.80. The molecular formula is C24H26N4O4S. The van der Waals surface area contributed by atoms with E-state index in [4.69, 9.17) is 4.74 Å². The van der Waals surface area contributed by atoms with Crippen molar-refractivity contribution in [2.24, 2.45) is 0 Å². The van der Waals surface area contributed by atoms with E-state index in [0.29, 0.717) is 34.8 Å². The van der Waals surface area contributed by atoms with Crippen molar-refractivity contribution in [3.05, 3.63) is 58.9 Å². The summed E-state index contributed by atoms with van der Waals surface area (Å²) in [5.74, 6) is 0.00906. The van der Waals surface area contributed by atoms with Crippen LogP contribution in [0.5, 0.6) is 0 Å². The van der Waals surface area contributed by atoms with Gasteiger partial charge in [0.1, 0.15) is 0 Å². The van der Waals surface area contributed by atoms with E-state index in [0.717, 1.165) is 18.7 Å². The zero-order chi connectivity index (χ0) is 23.4. The molecular weight excluding hydrogens is 440 g/mol. The Hall–Kier alpha value is -3.17. The highest BCUT2D eigenvalue weighted by Gasteiger charge is 2.21. The van der Waals surface area contributed by atoms with Crippen LogP contribution in [-0.4, -0.2) is 47.4 Å². The molecule has 3 aromatic rings. The first-order chi connectivity index (χ1) is 16.0. The minimum atomic E-state index is -0.231. The normalized spacial score (nSPS) is 14.6. The Morgan fingerprint density at radius 1 is 1.18 bits per heavy atom. The van der Waals surface area contributed by atoms with Gasteiger partial charge in [-0.3, -0.25) is 19.0 Å². The lowest BCUT2D eigenvalue weighted by Gasteiger charge is -2.19. The van der Waals surface area contributed by atoms with Crippen molar-refractivity contribution >= 4 is 45.9 Å². The Balaban J connectivity index is 1.47. The van der Waals surface area contributed by atoms with Gasteiger partial charge in [0.15, 0.2) is 5.16 Å². The summed E-state index contributed by atoms with van der Waals surface area (Å²) < 4.78 is 6.83. The van der Waals surface area contributed by atoms with Crippen molar-refractivity contribution in [3.8, 4) is 0 Å². The van der Waals surface area contributed by atoms with Crippen molar-refractivity contribution < 1.29 is 14.3 Å². The highest BCUT2D eigenvalue weighted by molar-refractivity contribution is 7.99. The monoisotopic (exact) mass is 466 g/mol. The van der Waals surface area contributed by atoms with Crippen molar-refractivity contribution in [2.45, 2.75) is 31.0 Å². The van der Waals surface area contributed by atoms with Gasteiger partial charge in [0, 0.05) is 31.5 Å². The second-order valence-electron chi connectivity index (χ2n) is 7.92. The number of methoxy groups -OCH3 is 1. The summed E-state index contributed by atoms with van der Waals surface area (Å²) in [6, 6.07) is 14.2. The van der Waals surface area contributed by atoms with Crippen LogP contribution in [0.4, 0.5) is 11.4 Å². The first kappa shape index (κ1) is 23.0. The number of aromatic nitrogens is 2. The smallest absolute Gasteiger partial charge is 0.262 e. The van der Waals surface area contributed by atoms with Crippen LogP contribution in [0.2, 0.25) is 0 Å². The Morgan fingerprint density at radius 3 is 2.64 bits per heavy atom. The largest absolute Gasteiger partial charge is 0.383 e. The number of carbonyl (C=O) groups is 2. The van der Waals surface area contributed by atoms with Crippen LogP contribution in [0.3, 0.4) is 0 Å². The van der Waals surface area contributed by atoms with Crippen LogP contribution < -0.4 is 15.8 Å². The lowest BCUT2D eigenvalue weighted by atomic mass is 10.2. The van der Waals surface area contributed by atoms with E-state index >= 15 is 0 Å². The van der Waals surface area contributed by atoms with Crippen LogP contribution in [-0.2, 0) is 14.3 Å². The molecule has 0 radical (unpaired) electrons. The van der Waals surface area contributed by atoms with Crippen molar-refractivity contribution in [2.75, 3.05) is 36.2 Å². The van der Waals surface area contributed by atoms with Gasteiger partial charge < -0.3 is 15.0 Å². The molecule has 4 rings (SSSR count). The molecule has 0 unspecified atom stereocenters. The second kappa shape index (κ2) is 10.2. The molecule has 0 aliphatic carbocycles. The van der Waals surface area contributed by atoms with E-state index in [9.17, 15) is 14.4 Å². The maximum absolute atomic E-state index is 13.1. The maximum atomic E-state index is 13.1. The molecule has 1 aliphatic heterocycles. The SMILES string of the molecule is COC[C@H](C)n1c(SCC(=O)Nc2ccc(N3CCCC3=O)cc2)nc2ccccc2c1=O. The van der Waals surface area contributed by atoms with Crippen molar-refractivity contribution in [1.82, 2.24) is 9.55 Å². The molecule has 1 atom stereocenters. The van der Waals surface area contributed by atoms with Crippen LogP contribution in [0.1, 0.15) is 25.8 Å². The van der Waals surface area contributed by atoms with E-state index in [1.165, 1.54) is 11.8 Å². The molecule has 0 saturated carbocycles. The highest BCUT2D eigenvalue weighted by atomic mass is 32.2. The zero-order valence-electron chi connectivity index (χ0n) is 18.6. The van der Waals surface area contributed by atoms with E-state index in [1.54, 1.807) is 40.8 Å². The van der Waals surface area contributed by atoms with Gasteiger partial charge in [-0.05, 0) is 49.7 Å². The number of hydrogen-bond donors (Lipinski definition) is 1. The fraction of sp³-hybridized carbons (Fsp3) is 0.333. The molecule has 33 heavy (non-hydrogen) atoms. The average Bonchev–Trinajstić information content (AvgIpc) is 3.24. The third-order valence-corrected chi connectivity index (χ3v) is 6.45. The molecule has 1 saturated heterocycles. The standard InChI is InChI=1S/C24H26N4O4S/c1-16(14-32-2)28-23(31)19-6-3-4-7-20(19)26-24(28)33-15-21(29)25-17-9-11-18(12-10-17)27-13-5-8-22(27)30/h3-4,6-7,9-12,16H,5,8,13-15H2,1-2H3,(H,25,29)/t16-/m0/s1. The molecule has 9 heteroatoms. The lowest BCUT2D eigenvalue weighted by molar-refractivity contribution is -0.117. The molecule has 1 N–H and O–H groups in total. The quantitative estimate of drug-likeness (QED) is 0.404. The first-order valence-electron chi connectivity index (χ1n) is 10.8. The number of amides is 2. The molecule has 0 bridgehead atoms. The molecule has 2 aromatic carbocycles. The van der Waals surface area contributed by atoms with Crippen molar-refractivity contribution in [3.63, 3.8) is 0 Å². The topological polar surface area (TPSA) is 93.5 Å². The number of nitrogens with zero attached hydrogens (tertiary/aromatic N) is 3. The molecule has 172 valence electrons. The molecule has 1 aliphatic rings. The van der Waals surface area contributed by atoms with E-state index in [1.807, 2.05) is 31.2 Å². The Labute approximate surface area is 195 Å². The van der Waals surface area contributed by atoms with Gasteiger partial charge >= 0.3 is 0 Å². The summed E-state index contributed by atoms with van der Waals surface area (Å²) in [5.41, 5.74) is 1.92. The number of para-hydroxylation sites is 1. The van der Waals surface area contributed by atoms with Gasteiger partial charge in [-0.2, -0.15) is 0 Å². The van der Waals surface area contributed by atoms with Gasteiger partial charge in [0.2, 0.25) is 11.8 Å². The number of nitrogens with one attached hydrogen (secondary N) is 1. The van der Waals surface area contributed by atoms with Crippen molar-refractivity contribution in [1.29, 1.82) is 0 Å². The number of anilines is 2. The first-order valence-corrected chi connectivity index (χ1v) is 11.8. The zero-order valence-corrected chi connectivity index (χ0v) is 19.4. The predicted molar refractivity (Wildman–Crippen MR) is 130 cm³/mol. The molecule has 1 fully saturated rings. The summed E-state index contributed by atoms with van der Waals surface area (Å²) in [4.78, 5) is 44.0. The summed E-state index contributed by atoms with van der Waals surface area (Å²) in [6.07, 6.45) is 1.44. The number of thioether (sulfide) groups is 1. The number of fused-ring (bicyclic) bond motifs is 1. The van der Waals surface area contributed by atoms with Crippen LogP contribution in [0.15, 0.2) is 58.5 Å². The Morgan fingerprint density at radius 2 is 1.94 bits per heavy atom. The Bertz CT molecular complexity index is 1230. The molecule has 1 aromatic heterocycles. The van der Waals surface area contributed by atoms with Crippen LogP contribution in [0.25, 0.3) is 10.9 Å². The van der Waals surface area contributed by atoms with Gasteiger partial charge in [0.25, 0.3) is 5.56 Å². The molecule has 2 amide bonds. The number of hydrogen-bond acceptors (Lipinski definition) is 6. The van der Waals surface area contributed by atoms with Crippen LogP contribution >= 0.6 is 11.8 Å².